The van der Waals surface area contributed by atoms with Gasteiger partial charge in [-0.2, -0.15) is 0 Å². The van der Waals surface area contributed by atoms with Crippen LogP contribution in [-0.4, -0.2) is 19.6 Å². The molecule has 2 rings (SSSR count). The molecule has 1 heterocycles. The Morgan fingerprint density at radius 1 is 1.33 bits per heavy atom. The first-order valence-electron chi connectivity index (χ1n) is 5.66. The summed E-state index contributed by atoms with van der Waals surface area (Å²) in [6.45, 7) is 5.29. The largest absolute Gasteiger partial charge is 0.317 e. The Morgan fingerprint density at radius 2 is 2.13 bits per heavy atom. The van der Waals surface area contributed by atoms with E-state index in [4.69, 9.17) is 0 Å². The third kappa shape index (κ3) is 2.56. The third-order valence-electron chi connectivity index (χ3n) is 2.91. The van der Waals surface area contributed by atoms with Gasteiger partial charge in [-0.3, -0.25) is 5.43 Å². The van der Waals surface area contributed by atoms with E-state index in [0.717, 1.165) is 19.6 Å². The maximum atomic E-state index is 3.41. The summed E-state index contributed by atoms with van der Waals surface area (Å²) < 4.78 is 0. The average Bonchev–Trinajstić information content (AvgIpc) is 2.75. The van der Waals surface area contributed by atoms with Crippen molar-refractivity contribution in [3.8, 4) is 0 Å². The molecule has 1 aromatic carbocycles. The molecule has 2 unspecified atom stereocenters. The van der Waals surface area contributed by atoms with Gasteiger partial charge in [-0.25, -0.2) is 5.43 Å². The fourth-order valence-corrected chi connectivity index (χ4v) is 2.07. The van der Waals surface area contributed by atoms with Gasteiger partial charge in [-0.05, 0) is 12.1 Å². The predicted molar refractivity (Wildman–Crippen MR) is 62.4 cm³/mol. The Bertz CT molecular complexity index is 286. The summed E-state index contributed by atoms with van der Waals surface area (Å²) in [6.07, 6.45) is 0. The first-order chi connectivity index (χ1) is 7.42. The molecule has 3 N–H and O–H groups in total. The molecule has 0 spiro atoms. The molecular weight excluding hydrogens is 186 g/mol. The van der Waals surface area contributed by atoms with Gasteiger partial charge >= 0.3 is 0 Å². The molecule has 0 aliphatic carbocycles. The quantitative estimate of drug-likeness (QED) is 0.688. The zero-order valence-corrected chi connectivity index (χ0v) is 9.16. The Kier molecular flexibility index (Phi) is 3.72. The molecule has 1 aliphatic heterocycles. The number of nitrogens with one attached hydrogen (secondary N) is 3. The third-order valence-corrected chi connectivity index (χ3v) is 2.91. The van der Waals surface area contributed by atoms with E-state index in [-0.39, 0.29) is 0 Å². The summed E-state index contributed by atoms with van der Waals surface area (Å²) >= 11 is 0. The van der Waals surface area contributed by atoms with Gasteiger partial charge in [0.05, 0.1) is 6.04 Å². The van der Waals surface area contributed by atoms with Crippen molar-refractivity contribution in [3.05, 3.63) is 35.9 Å². The van der Waals surface area contributed by atoms with Crippen LogP contribution in [0, 0.1) is 5.92 Å². The number of benzene rings is 1. The molecule has 0 saturated carbocycles. The van der Waals surface area contributed by atoms with Crippen molar-refractivity contribution in [1.29, 1.82) is 0 Å². The summed E-state index contributed by atoms with van der Waals surface area (Å²) in [7, 11) is 0. The topological polar surface area (TPSA) is 36.1 Å². The van der Waals surface area contributed by atoms with Crippen LogP contribution >= 0.6 is 0 Å². The standard InChI is InChI=1S/C12H19N3/c1-2-13-8-11-9-14-15-12(11)10-6-4-3-5-7-10/h3-7,11-15H,2,8-9H2,1H3. The van der Waals surface area contributed by atoms with Crippen molar-refractivity contribution in [2.75, 3.05) is 19.6 Å². The van der Waals surface area contributed by atoms with Gasteiger partial charge in [0.25, 0.3) is 0 Å². The maximum Gasteiger partial charge on any atom is 0.0515 e. The minimum atomic E-state index is 0.435. The van der Waals surface area contributed by atoms with Crippen molar-refractivity contribution in [2.24, 2.45) is 5.92 Å². The summed E-state index contributed by atoms with van der Waals surface area (Å²) in [5, 5.41) is 3.41. The number of hydrogen-bond donors (Lipinski definition) is 3. The van der Waals surface area contributed by atoms with Crippen LogP contribution < -0.4 is 16.2 Å². The van der Waals surface area contributed by atoms with Crippen LogP contribution in [0.15, 0.2) is 30.3 Å². The lowest BCUT2D eigenvalue weighted by Gasteiger charge is -2.18. The Labute approximate surface area is 91.2 Å². The highest BCUT2D eigenvalue weighted by atomic mass is 15.4. The normalized spacial score (nSPS) is 25.7. The molecule has 0 bridgehead atoms. The number of rotatable bonds is 4. The second-order valence-electron chi connectivity index (χ2n) is 3.98. The van der Waals surface area contributed by atoms with Crippen molar-refractivity contribution in [3.63, 3.8) is 0 Å². The zero-order valence-electron chi connectivity index (χ0n) is 9.16. The summed E-state index contributed by atoms with van der Waals surface area (Å²) in [4.78, 5) is 0. The summed E-state index contributed by atoms with van der Waals surface area (Å²) in [5.74, 6) is 0.632. The lowest BCUT2D eigenvalue weighted by atomic mass is 9.95. The number of hydrogen-bond acceptors (Lipinski definition) is 3. The van der Waals surface area contributed by atoms with E-state index in [9.17, 15) is 0 Å². The van der Waals surface area contributed by atoms with Gasteiger partial charge in [0.2, 0.25) is 0 Å². The molecule has 3 nitrogen and oxygen atoms in total. The van der Waals surface area contributed by atoms with Crippen LogP contribution in [-0.2, 0) is 0 Å². The Hall–Kier alpha value is -0.900. The van der Waals surface area contributed by atoms with Crippen molar-refractivity contribution >= 4 is 0 Å². The molecule has 1 aliphatic rings. The van der Waals surface area contributed by atoms with Crippen LogP contribution in [0.5, 0.6) is 0 Å². The van der Waals surface area contributed by atoms with Crippen molar-refractivity contribution in [2.45, 2.75) is 13.0 Å². The van der Waals surface area contributed by atoms with Gasteiger partial charge in [0.15, 0.2) is 0 Å². The molecular formula is C12H19N3. The zero-order chi connectivity index (χ0) is 10.5. The SMILES string of the molecule is CCNCC1CNNC1c1ccccc1. The Balaban J connectivity index is 2.01. The minimum Gasteiger partial charge on any atom is -0.317 e. The first kappa shape index (κ1) is 10.6. The highest BCUT2D eigenvalue weighted by Crippen LogP contribution is 2.23. The number of hydrazine groups is 1. The van der Waals surface area contributed by atoms with E-state index in [1.54, 1.807) is 0 Å². The highest BCUT2D eigenvalue weighted by Gasteiger charge is 2.27. The van der Waals surface area contributed by atoms with Gasteiger partial charge < -0.3 is 5.32 Å². The van der Waals surface area contributed by atoms with Crippen LogP contribution in [0.1, 0.15) is 18.5 Å². The van der Waals surface area contributed by atoms with Crippen LogP contribution in [0.4, 0.5) is 0 Å². The maximum absolute atomic E-state index is 3.41. The fraction of sp³-hybridized carbons (Fsp3) is 0.500. The predicted octanol–water partition coefficient (Wildman–Crippen LogP) is 1.06. The molecule has 1 fully saturated rings. The molecule has 1 saturated heterocycles. The van der Waals surface area contributed by atoms with E-state index in [2.05, 4.69) is 53.4 Å². The lowest BCUT2D eigenvalue weighted by Crippen LogP contribution is -2.28. The molecule has 82 valence electrons. The summed E-state index contributed by atoms with van der Waals surface area (Å²) in [6, 6.07) is 11.1. The molecule has 0 aromatic heterocycles. The summed E-state index contributed by atoms with van der Waals surface area (Å²) in [5.41, 5.74) is 7.95. The molecule has 2 atom stereocenters. The Morgan fingerprint density at radius 3 is 2.87 bits per heavy atom. The van der Waals surface area contributed by atoms with E-state index in [1.165, 1.54) is 5.56 Å². The molecule has 3 heteroatoms. The second-order valence-corrected chi connectivity index (χ2v) is 3.98. The van der Waals surface area contributed by atoms with Gasteiger partial charge in [-0.1, -0.05) is 37.3 Å². The monoisotopic (exact) mass is 205 g/mol. The van der Waals surface area contributed by atoms with Crippen molar-refractivity contribution < 1.29 is 0 Å². The van der Waals surface area contributed by atoms with Crippen molar-refractivity contribution in [1.82, 2.24) is 16.2 Å². The van der Waals surface area contributed by atoms with Crippen LogP contribution in [0.2, 0.25) is 0 Å². The lowest BCUT2D eigenvalue weighted by molar-refractivity contribution is 0.447. The molecule has 1 aromatic rings. The smallest absolute Gasteiger partial charge is 0.0515 e. The molecule has 0 amide bonds. The highest BCUT2D eigenvalue weighted by molar-refractivity contribution is 5.20. The van der Waals surface area contributed by atoms with Crippen LogP contribution in [0.25, 0.3) is 0 Å². The van der Waals surface area contributed by atoms with E-state index < -0.39 is 0 Å². The van der Waals surface area contributed by atoms with E-state index in [1.807, 2.05) is 0 Å². The minimum absolute atomic E-state index is 0.435. The van der Waals surface area contributed by atoms with E-state index >= 15 is 0 Å². The molecule has 0 radical (unpaired) electrons. The second kappa shape index (κ2) is 5.26. The van der Waals surface area contributed by atoms with Gasteiger partial charge in [-0.15, -0.1) is 0 Å². The van der Waals surface area contributed by atoms with Crippen LogP contribution in [0.3, 0.4) is 0 Å². The van der Waals surface area contributed by atoms with Gasteiger partial charge in [0.1, 0.15) is 0 Å². The average molecular weight is 205 g/mol. The first-order valence-corrected chi connectivity index (χ1v) is 5.66. The van der Waals surface area contributed by atoms with E-state index in [0.29, 0.717) is 12.0 Å². The fourth-order valence-electron chi connectivity index (χ4n) is 2.07. The molecule has 15 heavy (non-hydrogen) atoms. The van der Waals surface area contributed by atoms with Gasteiger partial charge in [0, 0.05) is 19.0 Å².